The first kappa shape index (κ1) is 27.3. The molecular formula is C33H47NO5. The van der Waals surface area contributed by atoms with Crippen molar-refractivity contribution in [2.24, 2.45) is 52.3 Å². The summed E-state index contributed by atoms with van der Waals surface area (Å²) in [6, 6.07) is 5.41. The molecule has 4 saturated carbocycles. The molecule has 1 aromatic heterocycles. The predicted molar refractivity (Wildman–Crippen MR) is 150 cm³/mol. The Morgan fingerprint density at radius 2 is 1.85 bits per heavy atom. The van der Waals surface area contributed by atoms with Gasteiger partial charge in [-0.15, -0.1) is 0 Å². The van der Waals surface area contributed by atoms with E-state index < -0.39 is 5.97 Å². The molecule has 39 heavy (non-hydrogen) atoms. The van der Waals surface area contributed by atoms with Crippen molar-refractivity contribution < 1.29 is 24.2 Å². The Bertz CT molecular complexity index is 1220. The number of ether oxygens (including phenoxy) is 1. The number of aliphatic hydroxyl groups is 2. The summed E-state index contributed by atoms with van der Waals surface area (Å²) in [4.78, 5) is 17.0. The maximum Gasteiger partial charge on any atom is 0.340 e. The number of carbonyl (C=O) groups is 1. The van der Waals surface area contributed by atoms with Crippen LogP contribution in [0.15, 0.2) is 22.6 Å². The molecule has 4 aliphatic carbocycles. The van der Waals surface area contributed by atoms with Crippen LogP contribution in [0.4, 0.5) is 0 Å². The van der Waals surface area contributed by atoms with Crippen molar-refractivity contribution in [2.45, 2.75) is 97.7 Å². The number of aromatic nitrogens is 1. The Labute approximate surface area is 232 Å². The molecule has 11 atom stereocenters. The van der Waals surface area contributed by atoms with Gasteiger partial charge in [0.1, 0.15) is 5.52 Å². The number of carbonyl (C=O) groups excluding carboxylic acids is 1. The van der Waals surface area contributed by atoms with Crippen LogP contribution in [0.5, 0.6) is 0 Å². The molecule has 214 valence electrons. The predicted octanol–water partition coefficient (Wildman–Crippen LogP) is 6.42. The van der Waals surface area contributed by atoms with E-state index in [0.29, 0.717) is 58.1 Å². The van der Waals surface area contributed by atoms with Gasteiger partial charge in [0.2, 0.25) is 0 Å². The largest absolute Gasteiger partial charge is 0.465 e. The third-order valence-corrected chi connectivity index (χ3v) is 12.5. The van der Waals surface area contributed by atoms with Crippen LogP contribution >= 0.6 is 0 Å². The van der Waals surface area contributed by atoms with E-state index in [0.717, 1.165) is 32.1 Å². The van der Waals surface area contributed by atoms with Gasteiger partial charge in [-0.05, 0) is 109 Å². The minimum absolute atomic E-state index is 0.195. The molecule has 6 nitrogen and oxygen atoms in total. The highest BCUT2D eigenvalue weighted by atomic mass is 16.5. The fourth-order valence-corrected chi connectivity index (χ4v) is 10.7. The first-order chi connectivity index (χ1) is 18.6. The molecule has 0 radical (unpaired) electrons. The fourth-order valence-electron chi connectivity index (χ4n) is 10.7. The van der Waals surface area contributed by atoms with Gasteiger partial charge in [0.25, 0.3) is 0 Å². The average molecular weight is 538 g/mol. The van der Waals surface area contributed by atoms with Gasteiger partial charge in [-0.3, -0.25) is 0 Å². The molecule has 2 N–H and O–H groups in total. The van der Waals surface area contributed by atoms with Crippen LogP contribution < -0.4 is 0 Å². The first-order valence-electron chi connectivity index (χ1n) is 15.4. The SMILES string of the molecule is CC[C@@H]1C2C[C@H](O)CCC2(C)[C@H]2CCC3(C)[C@@H]([C@H](C)Cc4nc5c(C(=O)OC)cccc5o4)CC[C@H]3C2[C@@H]1O. The lowest BCUT2D eigenvalue weighted by atomic mass is 9.41. The van der Waals surface area contributed by atoms with Gasteiger partial charge in [-0.2, -0.15) is 0 Å². The molecule has 2 aromatic rings. The van der Waals surface area contributed by atoms with Crippen LogP contribution in [0.3, 0.4) is 0 Å². The lowest BCUT2D eigenvalue weighted by Gasteiger charge is -2.64. The lowest BCUT2D eigenvalue weighted by Crippen LogP contribution is -2.62. The number of rotatable bonds is 5. The zero-order valence-corrected chi connectivity index (χ0v) is 24.4. The average Bonchev–Trinajstić information content (AvgIpc) is 3.49. The van der Waals surface area contributed by atoms with Crippen LogP contribution in [0.2, 0.25) is 0 Å². The standard InChI is InChI=1S/C33H47NO5/c1-6-20-25-17-19(35)12-14-33(25,4)24-13-15-32(3)22(10-11-23(32)28(24)30(20)36)18(2)16-27-34-29-21(31(37)38-5)8-7-9-26(29)39-27/h7-9,18-20,22-25,28,30,35-36H,6,10-17H2,1-5H3/t18-,19-,20-,22-,23+,24+,25?,28?,30-,32?,33?/m1/s1. The highest BCUT2D eigenvalue weighted by molar-refractivity contribution is 6.01. The number of aliphatic hydroxyl groups excluding tert-OH is 2. The molecule has 6 rings (SSSR count). The van der Waals surface area contributed by atoms with E-state index in [1.807, 2.05) is 12.1 Å². The summed E-state index contributed by atoms with van der Waals surface area (Å²) < 4.78 is 11.1. The van der Waals surface area contributed by atoms with Crippen molar-refractivity contribution >= 4 is 17.1 Å². The number of para-hydroxylation sites is 1. The van der Waals surface area contributed by atoms with Crippen LogP contribution in [-0.4, -0.2) is 40.5 Å². The summed E-state index contributed by atoms with van der Waals surface area (Å²) in [5, 5.41) is 22.5. The van der Waals surface area contributed by atoms with Gasteiger partial charge in [-0.25, -0.2) is 9.78 Å². The second-order valence-corrected chi connectivity index (χ2v) is 14.1. The van der Waals surface area contributed by atoms with Crippen molar-refractivity contribution in [2.75, 3.05) is 7.11 Å². The van der Waals surface area contributed by atoms with Crippen molar-refractivity contribution in [3.63, 3.8) is 0 Å². The van der Waals surface area contributed by atoms with Gasteiger partial charge in [0.15, 0.2) is 11.5 Å². The number of fused-ring (bicyclic) bond motifs is 6. The molecule has 6 heteroatoms. The Morgan fingerprint density at radius 1 is 1.10 bits per heavy atom. The number of hydrogen-bond donors (Lipinski definition) is 2. The normalized spacial score (nSPS) is 42.4. The molecule has 4 fully saturated rings. The van der Waals surface area contributed by atoms with E-state index in [1.165, 1.54) is 32.8 Å². The van der Waals surface area contributed by atoms with E-state index in [-0.39, 0.29) is 29.0 Å². The summed E-state index contributed by atoms with van der Waals surface area (Å²) in [5.74, 6) is 3.39. The number of esters is 1. The molecule has 1 heterocycles. The van der Waals surface area contributed by atoms with Crippen LogP contribution in [0.25, 0.3) is 11.1 Å². The third-order valence-electron chi connectivity index (χ3n) is 12.5. The van der Waals surface area contributed by atoms with Crippen LogP contribution in [0, 0.1) is 52.3 Å². The number of nitrogens with zero attached hydrogens (tertiary/aromatic N) is 1. The summed E-state index contributed by atoms with van der Waals surface area (Å²) in [5.41, 5.74) is 2.08. The molecule has 4 unspecified atom stereocenters. The van der Waals surface area contributed by atoms with Crippen molar-refractivity contribution in [3.8, 4) is 0 Å². The van der Waals surface area contributed by atoms with Crippen molar-refractivity contribution in [1.82, 2.24) is 4.98 Å². The van der Waals surface area contributed by atoms with Gasteiger partial charge in [0.05, 0.1) is 24.9 Å². The zero-order valence-electron chi connectivity index (χ0n) is 24.4. The second kappa shape index (κ2) is 9.87. The minimum Gasteiger partial charge on any atom is -0.465 e. The highest BCUT2D eigenvalue weighted by Crippen LogP contribution is 2.69. The monoisotopic (exact) mass is 537 g/mol. The molecule has 1 aromatic carbocycles. The third kappa shape index (κ3) is 4.10. The van der Waals surface area contributed by atoms with E-state index in [2.05, 4.69) is 27.7 Å². The summed E-state index contributed by atoms with van der Waals surface area (Å²) in [6.45, 7) is 9.59. The minimum atomic E-state index is -0.392. The molecule has 0 saturated heterocycles. The Balaban J connectivity index is 1.25. The number of benzene rings is 1. The van der Waals surface area contributed by atoms with E-state index >= 15 is 0 Å². The van der Waals surface area contributed by atoms with Gasteiger partial charge in [-0.1, -0.05) is 40.2 Å². The molecule has 0 bridgehead atoms. The maximum absolute atomic E-state index is 12.2. The second-order valence-electron chi connectivity index (χ2n) is 14.1. The Morgan fingerprint density at radius 3 is 2.59 bits per heavy atom. The Kier molecular flexibility index (Phi) is 6.90. The topological polar surface area (TPSA) is 92.8 Å². The fraction of sp³-hybridized carbons (Fsp3) is 0.758. The van der Waals surface area contributed by atoms with Gasteiger partial charge < -0.3 is 19.4 Å². The van der Waals surface area contributed by atoms with Crippen molar-refractivity contribution in [3.05, 3.63) is 29.7 Å². The zero-order chi connectivity index (χ0) is 27.7. The van der Waals surface area contributed by atoms with E-state index in [1.54, 1.807) is 6.07 Å². The van der Waals surface area contributed by atoms with E-state index in [4.69, 9.17) is 14.1 Å². The number of oxazole rings is 1. The summed E-state index contributed by atoms with van der Waals surface area (Å²) >= 11 is 0. The summed E-state index contributed by atoms with van der Waals surface area (Å²) in [6.07, 6.45) is 8.89. The molecule has 0 amide bonds. The lowest BCUT2D eigenvalue weighted by molar-refractivity contribution is -0.203. The van der Waals surface area contributed by atoms with Gasteiger partial charge in [0, 0.05) is 6.42 Å². The van der Waals surface area contributed by atoms with Crippen molar-refractivity contribution in [1.29, 1.82) is 0 Å². The number of methoxy groups -OCH3 is 1. The molecule has 0 aliphatic heterocycles. The first-order valence-corrected chi connectivity index (χ1v) is 15.4. The smallest absolute Gasteiger partial charge is 0.340 e. The summed E-state index contributed by atoms with van der Waals surface area (Å²) in [7, 11) is 1.39. The number of hydrogen-bond acceptors (Lipinski definition) is 6. The Hall–Kier alpha value is -1.92. The van der Waals surface area contributed by atoms with Gasteiger partial charge >= 0.3 is 5.97 Å². The molecule has 0 spiro atoms. The molecule has 4 aliphatic rings. The van der Waals surface area contributed by atoms with Crippen LogP contribution in [0.1, 0.15) is 95.3 Å². The van der Waals surface area contributed by atoms with E-state index in [9.17, 15) is 15.0 Å². The van der Waals surface area contributed by atoms with Crippen LogP contribution in [-0.2, 0) is 11.2 Å². The molecular weight excluding hydrogens is 490 g/mol. The maximum atomic E-state index is 12.2. The highest BCUT2D eigenvalue weighted by Gasteiger charge is 2.64. The quantitative estimate of drug-likeness (QED) is 0.428.